The van der Waals surface area contributed by atoms with Crippen LogP contribution in [0.25, 0.3) is 78.4 Å². The highest BCUT2D eigenvalue weighted by Gasteiger charge is 2.19. The molecular formula is C54H34N4O. The fraction of sp³-hybridized carbons (Fsp3) is 0. The summed E-state index contributed by atoms with van der Waals surface area (Å²) in [6.07, 6.45) is 0. The molecule has 0 unspecified atom stereocenters. The summed E-state index contributed by atoms with van der Waals surface area (Å²) in [5.74, 6) is 1.73. The summed E-state index contributed by atoms with van der Waals surface area (Å²) in [5.41, 5.74) is 13.5. The lowest BCUT2D eigenvalue weighted by atomic mass is 9.85. The van der Waals surface area contributed by atoms with Crippen LogP contribution in [0.3, 0.4) is 0 Å². The number of nitrogens with zero attached hydrogens (tertiary/aromatic N) is 4. The van der Waals surface area contributed by atoms with Gasteiger partial charge in [-0.05, 0) is 74.9 Å². The first-order chi connectivity index (χ1) is 29.2. The largest absolute Gasteiger partial charge is 0.456 e. The Morgan fingerprint density at radius 2 is 0.814 bits per heavy atom. The minimum absolute atomic E-state index is 0.566. The van der Waals surface area contributed by atoms with Gasteiger partial charge in [0.2, 0.25) is 0 Å². The Balaban J connectivity index is 1.11. The average Bonchev–Trinajstić information content (AvgIpc) is 3.70. The Morgan fingerprint density at radius 3 is 1.42 bits per heavy atom. The molecule has 0 aliphatic heterocycles. The van der Waals surface area contributed by atoms with E-state index < -0.39 is 0 Å². The molecule has 0 bridgehead atoms. The molecule has 0 radical (unpaired) electrons. The third-order valence-electron chi connectivity index (χ3n) is 10.6. The minimum atomic E-state index is 0.566. The van der Waals surface area contributed by atoms with Crippen LogP contribution in [0.5, 0.6) is 0 Å². The molecule has 276 valence electrons. The summed E-state index contributed by atoms with van der Waals surface area (Å²) in [6, 6.07) is 72.4. The molecule has 0 aliphatic rings. The lowest BCUT2D eigenvalue weighted by Crippen LogP contribution is -2.01. The van der Waals surface area contributed by atoms with Gasteiger partial charge in [0.1, 0.15) is 11.2 Å². The number of aromatic nitrogens is 3. The van der Waals surface area contributed by atoms with Gasteiger partial charge in [0, 0.05) is 27.5 Å². The first-order valence-corrected chi connectivity index (χ1v) is 19.5. The highest BCUT2D eigenvalue weighted by molar-refractivity contribution is 6.06. The standard InChI is InChI=1S/C54H34N4O/c55-35-36-13-12-20-44(33-36)37-23-25-40(26-24-37)51(50(38-14-4-1-5-15-38)39-16-6-2-7-17-39)41-27-29-43(30-28-41)53-56-52(42-18-8-3-9-19-42)57-54(58-53)45-31-32-47-46-21-10-11-22-48(46)59-49(47)34-45/h1-34H. The monoisotopic (exact) mass is 754 g/mol. The highest BCUT2D eigenvalue weighted by Crippen LogP contribution is 2.39. The Bertz CT molecular complexity index is 3140. The van der Waals surface area contributed by atoms with Crippen molar-refractivity contribution in [3.8, 4) is 51.4 Å². The van der Waals surface area contributed by atoms with Crippen molar-refractivity contribution in [3.05, 3.63) is 234 Å². The smallest absolute Gasteiger partial charge is 0.164 e. The number of fused-ring (bicyclic) bond motifs is 3. The third-order valence-corrected chi connectivity index (χ3v) is 10.6. The van der Waals surface area contributed by atoms with Crippen LogP contribution >= 0.6 is 0 Å². The third kappa shape index (κ3) is 6.97. The molecule has 2 heterocycles. The normalized spacial score (nSPS) is 11.0. The first kappa shape index (κ1) is 35.2. The number of hydrogen-bond acceptors (Lipinski definition) is 5. The zero-order valence-electron chi connectivity index (χ0n) is 31.8. The summed E-state index contributed by atoms with van der Waals surface area (Å²) in [4.78, 5) is 15.1. The number of hydrogen-bond donors (Lipinski definition) is 0. The first-order valence-electron chi connectivity index (χ1n) is 19.5. The van der Waals surface area contributed by atoms with Gasteiger partial charge in [0.05, 0.1) is 11.6 Å². The molecule has 0 N–H and O–H groups in total. The lowest BCUT2D eigenvalue weighted by molar-refractivity contribution is 0.669. The van der Waals surface area contributed by atoms with Gasteiger partial charge in [-0.3, -0.25) is 0 Å². The van der Waals surface area contributed by atoms with Crippen molar-refractivity contribution in [2.24, 2.45) is 0 Å². The van der Waals surface area contributed by atoms with Gasteiger partial charge in [0.25, 0.3) is 0 Å². The summed E-state index contributed by atoms with van der Waals surface area (Å²) < 4.78 is 6.25. The molecule has 5 heteroatoms. The van der Waals surface area contributed by atoms with Gasteiger partial charge in [-0.2, -0.15) is 5.26 Å². The van der Waals surface area contributed by atoms with Crippen molar-refractivity contribution >= 4 is 33.1 Å². The Labute approximate surface area is 341 Å². The number of rotatable bonds is 8. The zero-order valence-corrected chi connectivity index (χ0v) is 31.8. The van der Waals surface area contributed by atoms with Crippen molar-refractivity contribution in [1.29, 1.82) is 5.26 Å². The van der Waals surface area contributed by atoms with E-state index in [9.17, 15) is 5.26 Å². The van der Waals surface area contributed by atoms with Crippen molar-refractivity contribution in [1.82, 2.24) is 15.0 Å². The second-order valence-electron chi connectivity index (χ2n) is 14.3. The van der Waals surface area contributed by atoms with Gasteiger partial charge >= 0.3 is 0 Å². The van der Waals surface area contributed by atoms with E-state index in [1.807, 2.05) is 91.0 Å². The lowest BCUT2D eigenvalue weighted by Gasteiger charge is -2.19. The Hall–Kier alpha value is -8.20. The van der Waals surface area contributed by atoms with E-state index in [4.69, 9.17) is 19.4 Å². The molecule has 0 spiro atoms. The topological polar surface area (TPSA) is 75.6 Å². The van der Waals surface area contributed by atoms with Crippen LogP contribution in [0.2, 0.25) is 0 Å². The molecule has 8 aromatic carbocycles. The quantitative estimate of drug-likeness (QED) is 0.144. The Morgan fingerprint density at radius 1 is 0.356 bits per heavy atom. The van der Waals surface area contributed by atoms with E-state index in [0.29, 0.717) is 23.0 Å². The fourth-order valence-corrected chi connectivity index (χ4v) is 7.72. The fourth-order valence-electron chi connectivity index (χ4n) is 7.72. The molecule has 0 saturated carbocycles. The molecule has 10 rings (SSSR count). The molecule has 0 fully saturated rings. The second kappa shape index (κ2) is 15.4. The molecule has 5 nitrogen and oxygen atoms in total. The average molecular weight is 755 g/mol. The van der Waals surface area contributed by atoms with Crippen LogP contribution in [0.1, 0.15) is 27.8 Å². The molecule has 0 atom stereocenters. The maximum absolute atomic E-state index is 9.54. The maximum atomic E-state index is 9.54. The van der Waals surface area contributed by atoms with Crippen molar-refractivity contribution in [2.75, 3.05) is 0 Å². The number of para-hydroxylation sites is 1. The van der Waals surface area contributed by atoms with Crippen molar-refractivity contribution in [3.63, 3.8) is 0 Å². The van der Waals surface area contributed by atoms with Crippen LogP contribution in [0.4, 0.5) is 0 Å². The molecular weight excluding hydrogens is 721 g/mol. The summed E-state index contributed by atoms with van der Waals surface area (Å²) in [7, 11) is 0. The van der Waals surface area contributed by atoms with Gasteiger partial charge in [0.15, 0.2) is 17.5 Å². The molecule has 59 heavy (non-hydrogen) atoms. The molecule has 0 aliphatic carbocycles. The van der Waals surface area contributed by atoms with Gasteiger partial charge in [-0.15, -0.1) is 0 Å². The van der Waals surface area contributed by atoms with Crippen molar-refractivity contribution < 1.29 is 4.42 Å². The van der Waals surface area contributed by atoms with Gasteiger partial charge in [-0.1, -0.05) is 176 Å². The Kier molecular flexibility index (Phi) is 9.19. The number of nitriles is 1. The maximum Gasteiger partial charge on any atom is 0.164 e. The van der Waals surface area contributed by atoms with E-state index in [0.717, 1.165) is 83.2 Å². The van der Waals surface area contributed by atoms with Crippen LogP contribution in [0, 0.1) is 11.3 Å². The van der Waals surface area contributed by atoms with E-state index in [1.165, 1.54) is 0 Å². The van der Waals surface area contributed by atoms with E-state index >= 15 is 0 Å². The predicted octanol–water partition coefficient (Wildman–Crippen LogP) is 13.3. The number of benzene rings is 8. The van der Waals surface area contributed by atoms with E-state index in [1.54, 1.807) is 0 Å². The summed E-state index contributed by atoms with van der Waals surface area (Å²) in [5, 5.41) is 11.7. The van der Waals surface area contributed by atoms with Crippen molar-refractivity contribution in [2.45, 2.75) is 0 Å². The minimum Gasteiger partial charge on any atom is -0.456 e. The van der Waals surface area contributed by atoms with Crippen LogP contribution in [-0.4, -0.2) is 15.0 Å². The van der Waals surface area contributed by atoms with Crippen LogP contribution in [0.15, 0.2) is 211 Å². The molecule has 0 saturated heterocycles. The van der Waals surface area contributed by atoms with Crippen LogP contribution in [-0.2, 0) is 0 Å². The van der Waals surface area contributed by atoms with Gasteiger partial charge < -0.3 is 4.42 Å². The van der Waals surface area contributed by atoms with Crippen LogP contribution < -0.4 is 0 Å². The molecule has 2 aromatic heterocycles. The molecule has 0 amide bonds. The summed E-state index contributed by atoms with van der Waals surface area (Å²) in [6.45, 7) is 0. The molecule has 10 aromatic rings. The highest BCUT2D eigenvalue weighted by atomic mass is 16.3. The zero-order chi connectivity index (χ0) is 39.5. The SMILES string of the molecule is N#Cc1cccc(-c2ccc(C(=C(c3ccccc3)c3ccccc3)c3ccc(-c4nc(-c5ccccc5)nc(-c5ccc6c(c5)oc5ccccc56)n4)cc3)cc2)c1. The van der Waals surface area contributed by atoms with E-state index in [2.05, 4.69) is 121 Å². The second-order valence-corrected chi connectivity index (χ2v) is 14.3. The van der Waals surface area contributed by atoms with E-state index in [-0.39, 0.29) is 0 Å². The number of furan rings is 1. The van der Waals surface area contributed by atoms with Gasteiger partial charge in [-0.25, -0.2) is 15.0 Å². The summed E-state index contributed by atoms with van der Waals surface area (Å²) >= 11 is 0. The predicted molar refractivity (Wildman–Crippen MR) is 238 cm³/mol.